The minimum atomic E-state index is -2.08. The molecule has 0 saturated carbocycles. The van der Waals surface area contributed by atoms with E-state index in [4.69, 9.17) is 19.3 Å². The van der Waals surface area contributed by atoms with E-state index >= 15 is 0 Å². The Hall–Kier alpha value is -1.05. The molecule has 1 aliphatic heterocycles. The first-order chi connectivity index (χ1) is 14.4. The molecular formula is C22H43N3O5Si2. The van der Waals surface area contributed by atoms with E-state index in [1.54, 1.807) is 0 Å². The van der Waals surface area contributed by atoms with Crippen LogP contribution in [0.25, 0.3) is 0 Å². The quantitative estimate of drug-likeness (QED) is 0.561. The van der Waals surface area contributed by atoms with Crippen LogP contribution in [-0.4, -0.2) is 50.1 Å². The van der Waals surface area contributed by atoms with Crippen LogP contribution >= 0.6 is 0 Å². The summed E-state index contributed by atoms with van der Waals surface area (Å²) >= 11 is 0. The second-order valence-corrected chi connectivity index (χ2v) is 21.4. The lowest BCUT2D eigenvalue weighted by atomic mass is 10.2. The molecular weight excluding hydrogens is 442 g/mol. The van der Waals surface area contributed by atoms with Gasteiger partial charge in [-0.1, -0.05) is 41.5 Å². The summed E-state index contributed by atoms with van der Waals surface area (Å²) in [5.74, 6) is 0.0404. The fourth-order valence-electron chi connectivity index (χ4n) is 3.06. The average molecular weight is 486 g/mol. The number of nitrogens with zero attached hydrogens (tertiary/aromatic N) is 2. The van der Waals surface area contributed by atoms with Gasteiger partial charge in [-0.05, 0) is 36.3 Å². The van der Waals surface area contributed by atoms with Crippen molar-refractivity contribution in [2.45, 2.75) is 109 Å². The van der Waals surface area contributed by atoms with Gasteiger partial charge in [-0.25, -0.2) is 4.79 Å². The molecule has 1 aromatic rings. The zero-order valence-electron chi connectivity index (χ0n) is 21.5. The van der Waals surface area contributed by atoms with Gasteiger partial charge in [-0.3, -0.25) is 4.57 Å². The van der Waals surface area contributed by atoms with E-state index in [0.717, 1.165) is 0 Å². The van der Waals surface area contributed by atoms with Gasteiger partial charge >= 0.3 is 5.69 Å². The zero-order valence-corrected chi connectivity index (χ0v) is 23.5. The highest BCUT2D eigenvalue weighted by Gasteiger charge is 2.46. The maximum Gasteiger partial charge on any atom is 0.351 e. The molecule has 10 heteroatoms. The Morgan fingerprint density at radius 3 is 2.22 bits per heavy atom. The van der Waals surface area contributed by atoms with E-state index < -0.39 is 28.6 Å². The fraction of sp³-hybridized carbons (Fsp3) is 0.818. The molecule has 8 nitrogen and oxygen atoms in total. The summed E-state index contributed by atoms with van der Waals surface area (Å²) in [4.78, 5) is 16.4. The molecule has 0 aromatic carbocycles. The third-order valence-electron chi connectivity index (χ3n) is 7.39. The van der Waals surface area contributed by atoms with Crippen LogP contribution in [0.4, 0.5) is 5.82 Å². The number of hydrogen-bond donors (Lipinski definition) is 2. The first-order valence-electron chi connectivity index (χ1n) is 11.4. The van der Waals surface area contributed by atoms with Gasteiger partial charge < -0.3 is 24.4 Å². The molecule has 2 rings (SSSR count). The Labute approximate surface area is 194 Å². The van der Waals surface area contributed by atoms with Crippen LogP contribution in [0.5, 0.6) is 0 Å². The largest absolute Gasteiger partial charge is 0.414 e. The maximum absolute atomic E-state index is 12.6. The van der Waals surface area contributed by atoms with Crippen LogP contribution in [0.2, 0.25) is 36.3 Å². The number of nitrogen functional groups attached to an aromatic ring is 1. The van der Waals surface area contributed by atoms with Crippen molar-refractivity contribution in [2.24, 2.45) is 0 Å². The van der Waals surface area contributed by atoms with Gasteiger partial charge in [0.15, 0.2) is 16.6 Å². The second-order valence-electron chi connectivity index (χ2n) is 11.9. The summed E-state index contributed by atoms with van der Waals surface area (Å²) in [5, 5.41) is 9.68. The summed E-state index contributed by atoms with van der Waals surface area (Å²) in [6.45, 7) is 22.2. The molecule has 184 valence electrons. The highest BCUT2D eigenvalue weighted by Crippen LogP contribution is 2.42. The number of ether oxygens (including phenoxy) is 1. The molecule has 1 aliphatic rings. The molecule has 1 aromatic heterocycles. The van der Waals surface area contributed by atoms with Crippen LogP contribution in [0.3, 0.4) is 0 Å². The lowest BCUT2D eigenvalue weighted by Gasteiger charge is -2.40. The van der Waals surface area contributed by atoms with Gasteiger partial charge in [0.1, 0.15) is 18.1 Å². The minimum Gasteiger partial charge on any atom is -0.414 e. The van der Waals surface area contributed by atoms with Crippen LogP contribution in [0.1, 0.15) is 59.8 Å². The molecule has 0 bridgehead atoms. The summed E-state index contributed by atoms with van der Waals surface area (Å²) in [6, 6.07) is 0. The van der Waals surface area contributed by atoms with Crippen molar-refractivity contribution in [3.05, 3.63) is 22.2 Å². The van der Waals surface area contributed by atoms with E-state index in [-0.39, 0.29) is 34.7 Å². The predicted molar refractivity (Wildman–Crippen MR) is 133 cm³/mol. The summed E-state index contributed by atoms with van der Waals surface area (Å²) in [5.41, 5.74) is 5.66. The number of nitrogens with two attached hydrogens (primary N) is 1. The van der Waals surface area contributed by atoms with Crippen molar-refractivity contribution in [2.75, 3.05) is 12.3 Å². The summed E-state index contributed by atoms with van der Waals surface area (Å²) in [7, 11) is -4.07. The monoisotopic (exact) mass is 485 g/mol. The Balaban J connectivity index is 2.34. The molecule has 0 spiro atoms. The average Bonchev–Trinajstić information content (AvgIpc) is 3.00. The third-order valence-corrected chi connectivity index (χ3v) is 16.4. The smallest absolute Gasteiger partial charge is 0.351 e. The summed E-state index contributed by atoms with van der Waals surface area (Å²) in [6.07, 6.45) is 0.992. The summed E-state index contributed by atoms with van der Waals surface area (Å²) < 4.78 is 21.0. The molecule has 3 N–H and O–H groups in total. The predicted octanol–water partition coefficient (Wildman–Crippen LogP) is 4.02. The van der Waals surface area contributed by atoms with Crippen molar-refractivity contribution in [3.63, 3.8) is 0 Å². The number of aliphatic hydroxyl groups is 1. The first kappa shape index (κ1) is 27.2. The van der Waals surface area contributed by atoms with Crippen LogP contribution < -0.4 is 11.4 Å². The highest BCUT2D eigenvalue weighted by molar-refractivity contribution is 6.74. The molecule has 2 heterocycles. The van der Waals surface area contributed by atoms with Crippen molar-refractivity contribution in [1.29, 1.82) is 0 Å². The zero-order chi connectivity index (χ0) is 24.7. The molecule has 3 unspecified atom stereocenters. The number of anilines is 1. The lowest BCUT2D eigenvalue weighted by molar-refractivity contribution is -0.0413. The Morgan fingerprint density at radius 1 is 1.16 bits per heavy atom. The fourth-order valence-corrected chi connectivity index (χ4v) is 5.43. The standard InChI is InChI=1S/C22H43N3O5Si2/c1-21(2,3)31(7,8)28-14-17-16(30-32(9,10)22(4,5)6)11-18(29-17)25-12-15(13-26)19(23)24-20(25)27/h12,16-18,26H,11,13-14H2,1-10H3,(H2,23,24,27). The maximum atomic E-state index is 12.6. The molecule has 0 amide bonds. The van der Waals surface area contributed by atoms with Gasteiger partial charge in [0.2, 0.25) is 0 Å². The SMILES string of the molecule is CC(C)(C)[Si](C)(C)OCC1OC(n2cc(CO)c(N)nc2=O)CC1O[Si](C)(C)C(C)(C)C. The second kappa shape index (κ2) is 9.30. The lowest BCUT2D eigenvalue weighted by Crippen LogP contribution is -2.48. The van der Waals surface area contributed by atoms with Gasteiger partial charge in [0, 0.05) is 18.2 Å². The van der Waals surface area contributed by atoms with Crippen LogP contribution in [0.15, 0.2) is 11.0 Å². The number of aliphatic hydroxyl groups excluding tert-OH is 1. The normalized spacial score (nSPS) is 23.0. The van der Waals surface area contributed by atoms with E-state index in [1.807, 2.05) is 0 Å². The Bertz CT molecular complexity index is 859. The van der Waals surface area contributed by atoms with Crippen molar-refractivity contribution in [1.82, 2.24) is 9.55 Å². The van der Waals surface area contributed by atoms with E-state index in [1.165, 1.54) is 10.8 Å². The molecule has 3 atom stereocenters. The molecule has 32 heavy (non-hydrogen) atoms. The van der Waals surface area contributed by atoms with Gasteiger partial charge in [0.25, 0.3) is 0 Å². The highest BCUT2D eigenvalue weighted by atomic mass is 28.4. The Morgan fingerprint density at radius 2 is 1.72 bits per heavy atom. The van der Waals surface area contributed by atoms with Crippen LogP contribution in [0, 0.1) is 0 Å². The van der Waals surface area contributed by atoms with Crippen molar-refractivity contribution in [3.8, 4) is 0 Å². The molecule has 1 fully saturated rings. The molecule has 0 radical (unpaired) electrons. The van der Waals surface area contributed by atoms with E-state index in [9.17, 15) is 9.90 Å². The topological polar surface area (TPSA) is 109 Å². The van der Waals surface area contributed by atoms with Gasteiger partial charge in [-0.2, -0.15) is 4.98 Å². The van der Waals surface area contributed by atoms with Crippen molar-refractivity contribution < 1.29 is 18.7 Å². The van der Waals surface area contributed by atoms with Gasteiger partial charge in [0.05, 0.1) is 19.3 Å². The third kappa shape index (κ3) is 5.89. The first-order valence-corrected chi connectivity index (χ1v) is 17.2. The van der Waals surface area contributed by atoms with Crippen molar-refractivity contribution >= 4 is 22.5 Å². The van der Waals surface area contributed by atoms with E-state index in [2.05, 4.69) is 72.7 Å². The number of aromatic nitrogens is 2. The Kier molecular flexibility index (Phi) is 7.91. The van der Waals surface area contributed by atoms with E-state index in [0.29, 0.717) is 18.6 Å². The number of rotatable bonds is 7. The molecule has 1 saturated heterocycles. The van der Waals surface area contributed by atoms with Crippen LogP contribution in [-0.2, 0) is 20.2 Å². The van der Waals surface area contributed by atoms with Gasteiger partial charge in [-0.15, -0.1) is 0 Å². The minimum absolute atomic E-state index is 0.0404. The number of hydrogen-bond acceptors (Lipinski definition) is 7. The molecule has 0 aliphatic carbocycles.